The number of phenols is 1. The van der Waals surface area contributed by atoms with E-state index in [1.165, 1.54) is 25.1 Å². The summed E-state index contributed by atoms with van der Waals surface area (Å²) in [4.78, 5) is 22.9. The minimum absolute atomic E-state index is 0.120. The van der Waals surface area contributed by atoms with Crippen LogP contribution in [0.25, 0.3) is 0 Å². The molecular formula is C13H18N2O3. The van der Waals surface area contributed by atoms with Crippen molar-refractivity contribution < 1.29 is 14.7 Å². The van der Waals surface area contributed by atoms with Gasteiger partial charge in [0.2, 0.25) is 5.91 Å². The molecule has 0 aromatic heterocycles. The Morgan fingerprint density at radius 3 is 2.33 bits per heavy atom. The monoisotopic (exact) mass is 250 g/mol. The molecule has 5 nitrogen and oxygen atoms in total. The van der Waals surface area contributed by atoms with Crippen molar-refractivity contribution in [2.45, 2.75) is 33.2 Å². The van der Waals surface area contributed by atoms with Crippen molar-refractivity contribution in [3.63, 3.8) is 0 Å². The van der Waals surface area contributed by atoms with E-state index in [1.807, 2.05) is 20.8 Å². The molecule has 0 saturated heterocycles. The molecule has 0 heterocycles. The Bertz CT molecular complexity index is 476. The number of aromatic hydroxyl groups is 1. The topological polar surface area (TPSA) is 78.4 Å². The molecule has 18 heavy (non-hydrogen) atoms. The van der Waals surface area contributed by atoms with Gasteiger partial charge in [-0.25, -0.2) is 0 Å². The van der Waals surface area contributed by atoms with Crippen LogP contribution in [0, 0.1) is 0 Å². The lowest BCUT2D eigenvalue weighted by Gasteiger charge is -2.21. The highest BCUT2D eigenvalue weighted by Gasteiger charge is 2.18. The Morgan fingerprint density at radius 1 is 1.22 bits per heavy atom. The minimum Gasteiger partial charge on any atom is -0.507 e. The largest absolute Gasteiger partial charge is 0.507 e. The van der Waals surface area contributed by atoms with Gasteiger partial charge < -0.3 is 15.7 Å². The summed E-state index contributed by atoms with van der Waals surface area (Å²) in [7, 11) is 0. The van der Waals surface area contributed by atoms with Gasteiger partial charge in [-0.1, -0.05) is 0 Å². The second-order valence-corrected chi connectivity index (χ2v) is 5.12. The molecule has 0 bridgehead atoms. The summed E-state index contributed by atoms with van der Waals surface area (Å²) < 4.78 is 0. The zero-order valence-corrected chi connectivity index (χ0v) is 11.0. The van der Waals surface area contributed by atoms with E-state index in [0.717, 1.165) is 0 Å². The number of carbonyl (C=O) groups excluding carboxylic acids is 2. The fourth-order valence-electron chi connectivity index (χ4n) is 1.41. The molecule has 1 rings (SSSR count). The van der Waals surface area contributed by atoms with E-state index in [2.05, 4.69) is 10.6 Å². The van der Waals surface area contributed by atoms with Gasteiger partial charge in [0.25, 0.3) is 5.91 Å². The van der Waals surface area contributed by atoms with E-state index in [0.29, 0.717) is 5.69 Å². The van der Waals surface area contributed by atoms with E-state index in [9.17, 15) is 14.7 Å². The van der Waals surface area contributed by atoms with Gasteiger partial charge in [0.1, 0.15) is 5.75 Å². The van der Waals surface area contributed by atoms with Gasteiger partial charge >= 0.3 is 0 Å². The van der Waals surface area contributed by atoms with Gasteiger partial charge in [-0.05, 0) is 39.0 Å². The molecule has 0 radical (unpaired) electrons. The molecule has 98 valence electrons. The van der Waals surface area contributed by atoms with Crippen molar-refractivity contribution in [2.24, 2.45) is 0 Å². The molecule has 0 spiro atoms. The number of nitrogens with one attached hydrogen (secondary N) is 2. The third kappa shape index (κ3) is 4.08. The fraction of sp³-hybridized carbons (Fsp3) is 0.385. The van der Waals surface area contributed by atoms with Crippen LogP contribution in [0.5, 0.6) is 5.75 Å². The van der Waals surface area contributed by atoms with E-state index in [4.69, 9.17) is 0 Å². The van der Waals surface area contributed by atoms with Crippen molar-refractivity contribution >= 4 is 17.5 Å². The van der Waals surface area contributed by atoms with Crippen LogP contribution in [-0.4, -0.2) is 22.5 Å². The Balaban J connectivity index is 3.00. The Hall–Kier alpha value is -2.04. The summed E-state index contributed by atoms with van der Waals surface area (Å²) in [5.74, 6) is -0.735. The lowest BCUT2D eigenvalue weighted by molar-refractivity contribution is -0.114. The summed E-state index contributed by atoms with van der Waals surface area (Å²) in [6, 6.07) is 4.35. The maximum Gasteiger partial charge on any atom is 0.255 e. The van der Waals surface area contributed by atoms with Crippen LogP contribution in [0.4, 0.5) is 5.69 Å². The first-order valence-corrected chi connectivity index (χ1v) is 5.62. The zero-order valence-electron chi connectivity index (χ0n) is 11.0. The number of carbonyl (C=O) groups is 2. The second-order valence-electron chi connectivity index (χ2n) is 5.12. The van der Waals surface area contributed by atoms with E-state index < -0.39 is 5.54 Å². The van der Waals surface area contributed by atoms with Crippen LogP contribution in [-0.2, 0) is 4.79 Å². The summed E-state index contributed by atoms with van der Waals surface area (Å²) in [6.45, 7) is 6.92. The smallest absolute Gasteiger partial charge is 0.255 e. The third-order valence-corrected chi connectivity index (χ3v) is 2.05. The number of hydrogen-bond acceptors (Lipinski definition) is 3. The van der Waals surface area contributed by atoms with Crippen LogP contribution in [0.3, 0.4) is 0 Å². The minimum atomic E-state index is -0.395. The molecule has 0 aliphatic carbocycles. The van der Waals surface area contributed by atoms with Crippen LogP contribution in [0.15, 0.2) is 18.2 Å². The Kier molecular flexibility index (Phi) is 3.96. The SMILES string of the molecule is CC(=O)Nc1ccc(O)c(C(=O)NC(C)(C)C)c1. The van der Waals surface area contributed by atoms with Crippen molar-refractivity contribution in [1.29, 1.82) is 0 Å². The molecule has 0 fully saturated rings. The Morgan fingerprint density at radius 2 is 1.83 bits per heavy atom. The predicted octanol–water partition coefficient (Wildman–Crippen LogP) is 1.88. The van der Waals surface area contributed by atoms with E-state index in [-0.39, 0.29) is 23.1 Å². The molecule has 2 amide bonds. The average Bonchev–Trinajstić information content (AvgIpc) is 2.17. The van der Waals surface area contributed by atoms with Gasteiger partial charge in [-0.15, -0.1) is 0 Å². The lowest BCUT2D eigenvalue weighted by Crippen LogP contribution is -2.40. The highest BCUT2D eigenvalue weighted by Crippen LogP contribution is 2.22. The van der Waals surface area contributed by atoms with Crippen LogP contribution >= 0.6 is 0 Å². The molecule has 3 N–H and O–H groups in total. The summed E-state index contributed by atoms with van der Waals surface area (Å²) in [6.07, 6.45) is 0. The molecule has 0 aliphatic heterocycles. The molecular weight excluding hydrogens is 232 g/mol. The predicted molar refractivity (Wildman–Crippen MR) is 69.6 cm³/mol. The van der Waals surface area contributed by atoms with Gasteiger partial charge in [-0.3, -0.25) is 9.59 Å². The first kappa shape index (κ1) is 14.0. The highest BCUT2D eigenvalue weighted by atomic mass is 16.3. The molecule has 5 heteroatoms. The van der Waals surface area contributed by atoms with Crippen molar-refractivity contribution in [3.05, 3.63) is 23.8 Å². The van der Waals surface area contributed by atoms with Gasteiger partial charge in [0, 0.05) is 18.2 Å². The number of amides is 2. The summed E-state index contributed by atoms with van der Waals surface area (Å²) in [5, 5.41) is 15.0. The first-order valence-electron chi connectivity index (χ1n) is 5.62. The number of benzene rings is 1. The molecule has 0 unspecified atom stereocenters. The normalized spacial score (nSPS) is 10.9. The highest BCUT2D eigenvalue weighted by molar-refractivity contribution is 5.99. The molecule has 0 saturated carbocycles. The molecule has 1 aromatic carbocycles. The second kappa shape index (κ2) is 5.08. The number of phenolic OH excluding ortho intramolecular Hbond substituents is 1. The average molecular weight is 250 g/mol. The Labute approximate surface area is 106 Å². The van der Waals surface area contributed by atoms with Crippen LogP contribution < -0.4 is 10.6 Å². The number of anilines is 1. The van der Waals surface area contributed by atoms with Crippen molar-refractivity contribution in [2.75, 3.05) is 5.32 Å². The number of rotatable bonds is 2. The van der Waals surface area contributed by atoms with E-state index in [1.54, 1.807) is 0 Å². The van der Waals surface area contributed by atoms with Crippen LogP contribution in [0.1, 0.15) is 38.1 Å². The zero-order chi connectivity index (χ0) is 13.9. The van der Waals surface area contributed by atoms with Crippen molar-refractivity contribution in [1.82, 2.24) is 5.32 Å². The third-order valence-electron chi connectivity index (χ3n) is 2.05. The number of hydrogen-bond donors (Lipinski definition) is 3. The summed E-state index contributed by atoms with van der Waals surface area (Å²) in [5.41, 5.74) is 0.212. The maximum atomic E-state index is 11.9. The molecule has 0 atom stereocenters. The first-order chi connectivity index (χ1) is 8.19. The van der Waals surface area contributed by atoms with Gasteiger partial charge in [0.05, 0.1) is 5.56 Å². The van der Waals surface area contributed by atoms with E-state index >= 15 is 0 Å². The van der Waals surface area contributed by atoms with Crippen LogP contribution in [0.2, 0.25) is 0 Å². The van der Waals surface area contributed by atoms with Gasteiger partial charge in [0.15, 0.2) is 0 Å². The summed E-state index contributed by atoms with van der Waals surface area (Å²) >= 11 is 0. The quantitative estimate of drug-likeness (QED) is 0.701. The fourth-order valence-corrected chi connectivity index (χ4v) is 1.41. The maximum absolute atomic E-state index is 11.9. The lowest BCUT2D eigenvalue weighted by atomic mass is 10.1. The van der Waals surface area contributed by atoms with Gasteiger partial charge in [-0.2, -0.15) is 0 Å². The molecule has 0 aliphatic rings. The molecule has 1 aromatic rings. The standard InChI is InChI=1S/C13H18N2O3/c1-8(16)14-9-5-6-11(17)10(7-9)12(18)15-13(2,3)4/h5-7,17H,1-4H3,(H,14,16)(H,15,18). The van der Waals surface area contributed by atoms with Crippen molar-refractivity contribution in [3.8, 4) is 5.75 Å².